The summed E-state index contributed by atoms with van der Waals surface area (Å²) in [6.45, 7) is 5.74. The molecule has 0 atom stereocenters. The molecular weight excluding hydrogens is 462 g/mol. The number of carbonyl (C=O) groups is 1. The van der Waals surface area contributed by atoms with E-state index in [0.717, 1.165) is 52.1 Å². The molecule has 0 unspecified atom stereocenters. The van der Waals surface area contributed by atoms with E-state index in [2.05, 4.69) is 47.0 Å². The summed E-state index contributed by atoms with van der Waals surface area (Å²) >= 11 is 7.02. The van der Waals surface area contributed by atoms with Crippen LogP contribution in [-0.4, -0.2) is 48.6 Å². The van der Waals surface area contributed by atoms with Crippen LogP contribution in [0.3, 0.4) is 0 Å². The summed E-state index contributed by atoms with van der Waals surface area (Å²) in [6.07, 6.45) is 0. The van der Waals surface area contributed by atoms with Crippen molar-refractivity contribution in [2.75, 3.05) is 42.9 Å². The Morgan fingerprint density at radius 1 is 1.08 bits per heavy atom. The van der Waals surface area contributed by atoms with Crippen LogP contribution in [0.5, 0.6) is 5.75 Å². The summed E-state index contributed by atoms with van der Waals surface area (Å²) < 4.78 is 1.74. The van der Waals surface area contributed by atoms with E-state index in [9.17, 15) is 9.90 Å². The number of hydrogen-bond donors (Lipinski definition) is 2. The molecule has 5 nitrogen and oxygen atoms in total. The van der Waals surface area contributed by atoms with Gasteiger partial charge in [-0.05, 0) is 80.7 Å². The number of aryl methyl sites for hydroxylation is 1. The van der Waals surface area contributed by atoms with Crippen molar-refractivity contribution in [3.05, 3.63) is 50.9 Å². The van der Waals surface area contributed by atoms with Gasteiger partial charge in [-0.3, -0.25) is 9.69 Å². The van der Waals surface area contributed by atoms with Gasteiger partial charge in [0.25, 0.3) is 0 Å². The number of rotatable bonds is 4. The highest BCUT2D eigenvalue weighted by atomic mass is 79.9. The van der Waals surface area contributed by atoms with Crippen LogP contribution in [0.4, 0.5) is 11.4 Å². The second kappa shape index (κ2) is 8.41. The molecule has 1 aliphatic heterocycles. The van der Waals surface area contributed by atoms with E-state index in [-0.39, 0.29) is 11.7 Å². The Labute approximate surface area is 170 Å². The molecule has 2 N–H and O–H groups in total. The predicted octanol–water partition coefficient (Wildman–Crippen LogP) is 3.99. The zero-order valence-corrected chi connectivity index (χ0v) is 17.7. The highest BCUT2D eigenvalue weighted by Crippen LogP contribution is 2.32. The van der Waals surface area contributed by atoms with Crippen molar-refractivity contribution >= 4 is 49.1 Å². The van der Waals surface area contributed by atoms with E-state index in [1.165, 1.54) is 0 Å². The van der Waals surface area contributed by atoms with Gasteiger partial charge >= 0.3 is 0 Å². The van der Waals surface area contributed by atoms with Gasteiger partial charge in [0.15, 0.2) is 0 Å². The smallest absolute Gasteiger partial charge is 0.238 e. The minimum atomic E-state index is -0.0201. The monoisotopic (exact) mass is 481 g/mol. The number of phenols is 1. The number of anilines is 2. The Hall–Kier alpha value is -1.57. The van der Waals surface area contributed by atoms with Gasteiger partial charge in [-0.1, -0.05) is 0 Å². The Morgan fingerprint density at radius 2 is 1.65 bits per heavy atom. The fraction of sp³-hybridized carbons (Fsp3) is 0.316. The maximum atomic E-state index is 12.4. The van der Waals surface area contributed by atoms with Crippen molar-refractivity contribution in [3.63, 3.8) is 0 Å². The van der Waals surface area contributed by atoms with Crippen molar-refractivity contribution in [2.45, 2.75) is 6.92 Å². The topological polar surface area (TPSA) is 55.8 Å². The van der Waals surface area contributed by atoms with Crippen LogP contribution in [0.1, 0.15) is 5.56 Å². The van der Waals surface area contributed by atoms with Gasteiger partial charge < -0.3 is 15.3 Å². The Balaban J connectivity index is 1.53. The molecule has 3 rings (SSSR count). The third-order valence-corrected chi connectivity index (χ3v) is 5.66. The molecule has 2 aromatic carbocycles. The largest absolute Gasteiger partial charge is 0.508 e. The van der Waals surface area contributed by atoms with Crippen LogP contribution in [0.2, 0.25) is 0 Å². The van der Waals surface area contributed by atoms with E-state index in [1.54, 1.807) is 12.1 Å². The summed E-state index contributed by atoms with van der Waals surface area (Å²) in [5.74, 6) is 0.255. The minimum Gasteiger partial charge on any atom is -0.508 e. The number of piperazine rings is 1. The number of aromatic hydroxyl groups is 1. The van der Waals surface area contributed by atoms with Crippen molar-refractivity contribution < 1.29 is 9.90 Å². The standard InChI is InChI=1S/C19H21Br2N3O2/c1-13-10-16(20)19(17(21)11-13)22-18(26)12-23-6-8-24(9-7-23)14-2-4-15(25)5-3-14/h2-5,10-11,25H,6-9,12H2,1H3,(H,22,26). The number of benzene rings is 2. The Morgan fingerprint density at radius 3 is 2.23 bits per heavy atom. The third kappa shape index (κ3) is 4.78. The van der Waals surface area contributed by atoms with Gasteiger partial charge in [-0.25, -0.2) is 0 Å². The molecule has 0 bridgehead atoms. The Kier molecular flexibility index (Phi) is 6.21. The first-order valence-electron chi connectivity index (χ1n) is 8.44. The fourth-order valence-electron chi connectivity index (χ4n) is 3.03. The summed E-state index contributed by atoms with van der Waals surface area (Å²) in [7, 11) is 0. The average molecular weight is 483 g/mol. The first-order chi connectivity index (χ1) is 12.4. The maximum absolute atomic E-state index is 12.4. The predicted molar refractivity (Wildman–Crippen MR) is 112 cm³/mol. The molecule has 26 heavy (non-hydrogen) atoms. The number of nitrogens with one attached hydrogen (secondary N) is 1. The molecule has 1 amide bonds. The molecule has 2 aromatic rings. The molecule has 1 heterocycles. The summed E-state index contributed by atoms with van der Waals surface area (Å²) in [5, 5.41) is 12.4. The lowest BCUT2D eigenvalue weighted by molar-refractivity contribution is -0.117. The zero-order valence-electron chi connectivity index (χ0n) is 14.5. The number of nitrogens with zero attached hydrogens (tertiary/aromatic N) is 2. The first-order valence-corrected chi connectivity index (χ1v) is 10.0. The highest BCUT2D eigenvalue weighted by molar-refractivity contribution is 9.11. The number of amides is 1. The van der Waals surface area contributed by atoms with Crippen LogP contribution in [0, 0.1) is 6.92 Å². The van der Waals surface area contributed by atoms with Gasteiger partial charge in [0.1, 0.15) is 5.75 Å². The molecule has 1 fully saturated rings. The Bertz CT molecular complexity index is 765. The highest BCUT2D eigenvalue weighted by Gasteiger charge is 2.20. The van der Waals surface area contributed by atoms with E-state index < -0.39 is 0 Å². The molecule has 0 saturated carbocycles. The van der Waals surface area contributed by atoms with Crippen LogP contribution < -0.4 is 10.2 Å². The fourth-order valence-corrected chi connectivity index (χ4v) is 4.64. The van der Waals surface area contributed by atoms with Gasteiger partial charge in [0.05, 0.1) is 12.2 Å². The summed E-state index contributed by atoms with van der Waals surface area (Å²) in [6, 6.07) is 11.2. The van der Waals surface area contributed by atoms with E-state index in [4.69, 9.17) is 0 Å². The zero-order chi connectivity index (χ0) is 18.7. The molecule has 7 heteroatoms. The van der Waals surface area contributed by atoms with E-state index in [1.807, 2.05) is 31.2 Å². The van der Waals surface area contributed by atoms with Crippen LogP contribution >= 0.6 is 31.9 Å². The van der Waals surface area contributed by atoms with Gasteiger partial charge in [-0.2, -0.15) is 0 Å². The quantitative estimate of drug-likeness (QED) is 0.691. The lowest BCUT2D eigenvalue weighted by Crippen LogP contribution is -2.48. The molecular formula is C19H21Br2N3O2. The molecule has 0 aliphatic carbocycles. The molecule has 0 aromatic heterocycles. The minimum absolute atomic E-state index is 0.0201. The van der Waals surface area contributed by atoms with Crippen molar-refractivity contribution in [3.8, 4) is 5.75 Å². The molecule has 1 saturated heterocycles. The van der Waals surface area contributed by atoms with Gasteiger partial charge in [0.2, 0.25) is 5.91 Å². The molecule has 0 spiro atoms. The number of carbonyl (C=O) groups excluding carboxylic acids is 1. The molecule has 1 aliphatic rings. The number of hydrogen-bond acceptors (Lipinski definition) is 4. The second-order valence-electron chi connectivity index (χ2n) is 6.43. The molecule has 0 radical (unpaired) electrons. The van der Waals surface area contributed by atoms with E-state index >= 15 is 0 Å². The molecule has 138 valence electrons. The second-order valence-corrected chi connectivity index (χ2v) is 8.14. The maximum Gasteiger partial charge on any atom is 0.238 e. The van der Waals surface area contributed by atoms with Crippen molar-refractivity contribution in [2.24, 2.45) is 0 Å². The van der Waals surface area contributed by atoms with Gasteiger partial charge in [-0.15, -0.1) is 0 Å². The van der Waals surface area contributed by atoms with Crippen LogP contribution in [0.25, 0.3) is 0 Å². The summed E-state index contributed by atoms with van der Waals surface area (Å²) in [5.41, 5.74) is 2.98. The van der Waals surface area contributed by atoms with Crippen molar-refractivity contribution in [1.82, 2.24) is 4.90 Å². The number of phenolic OH excluding ortho intramolecular Hbond substituents is 1. The van der Waals surface area contributed by atoms with E-state index in [0.29, 0.717) is 6.54 Å². The third-order valence-electron chi connectivity index (χ3n) is 4.41. The normalized spacial score (nSPS) is 15.1. The van der Waals surface area contributed by atoms with Crippen molar-refractivity contribution in [1.29, 1.82) is 0 Å². The van der Waals surface area contributed by atoms with Gasteiger partial charge in [0, 0.05) is 40.8 Å². The first kappa shape index (κ1) is 19.2. The lowest BCUT2D eigenvalue weighted by atomic mass is 10.2. The average Bonchev–Trinajstić information content (AvgIpc) is 2.59. The summed E-state index contributed by atoms with van der Waals surface area (Å²) in [4.78, 5) is 16.8. The van der Waals surface area contributed by atoms with Crippen LogP contribution in [0.15, 0.2) is 45.3 Å². The lowest BCUT2D eigenvalue weighted by Gasteiger charge is -2.35. The number of halogens is 2. The SMILES string of the molecule is Cc1cc(Br)c(NC(=O)CN2CCN(c3ccc(O)cc3)CC2)c(Br)c1. The van der Waals surface area contributed by atoms with Crippen LogP contribution in [-0.2, 0) is 4.79 Å².